The van der Waals surface area contributed by atoms with E-state index in [4.69, 9.17) is 29.9 Å². The Labute approximate surface area is 326 Å². The van der Waals surface area contributed by atoms with Crippen LogP contribution in [-0.2, 0) is 16.9 Å². The Morgan fingerprint density at radius 1 is 0.643 bits per heavy atom. The minimum atomic E-state index is -0.881. The van der Waals surface area contributed by atoms with E-state index in [0.717, 1.165) is 50.2 Å². The molecular weight excluding hydrogens is 695 g/mol. The predicted molar refractivity (Wildman–Crippen MR) is 218 cm³/mol. The number of aromatic nitrogens is 5. The molecule has 274 valence electrons. The van der Waals surface area contributed by atoms with Crippen LogP contribution in [0.25, 0.3) is 33.8 Å². The molecule has 0 amide bonds. The molecule has 0 aliphatic heterocycles. The van der Waals surface area contributed by atoms with Crippen LogP contribution in [0.5, 0.6) is 5.75 Å². The van der Waals surface area contributed by atoms with Crippen molar-refractivity contribution in [2.24, 2.45) is 0 Å². The van der Waals surface area contributed by atoms with Crippen LogP contribution in [0.3, 0.4) is 0 Å². The van der Waals surface area contributed by atoms with Gasteiger partial charge in [-0.3, -0.25) is 4.98 Å². The minimum Gasteiger partial charge on any atom is -0.488 e. The standard InChI is InChI=1S/C48H39N5O3/c1-3-55-47(54)44-43(32-34(2)49-45(44)37-18-8-4-9-19-37)56-33-35-28-30-36(31-29-35)41-26-16-17-27-42(41)46-50-52-53(51-46)48(38-20-10-5-11-21-38,39-22-12-6-13-23-39)40-24-14-7-15-25-40/h4-32H,3,33H2,1-2H3. The van der Waals surface area contributed by atoms with E-state index < -0.39 is 11.5 Å². The maximum atomic E-state index is 13.2. The number of carbonyl (C=O) groups is 1. The van der Waals surface area contributed by atoms with Crippen LogP contribution in [0, 0.1) is 6.92 Å². The summed E-state index contributed by atoms with van der Waals surface area (Å²) in [6, 6.07) is 58.6. The van der Waals surface area contributed by atoms with Crippen LogP contribution in [0.15, 0.2) is 176 Å². The van der Waals surface area contributed by atoms with Gasteiger partial charge in [0.2, 0.25) is 5.82 Å². The molecule has 0 fully saturated rings. The zero-order valence-electron chi connectivity index (χ0n) is 31.1. The zero-order chi connectivity index (χ0) is 38.3. The lowest BCUT2D eigenvalue weighted by Gasteiger charge is -2.34. The van der Waals surface area contributed by atoms with Gasteiger partial charge in [0.05, 0.1) is 12.3 Å². The van der Waals surface area contributed by atoms with Crippen molar-refractivity contribution in [2.45, 2.75) is 26.0 Å². The van der Waals surface area contributed by atoms with Crippen LogP contribution in [-0.4, -0.2) is 37.8 Å². The van der Waals surface area contributed by atoms with E-state index in [-0.39, 0.29) is 13.2 Å². The van der Waals surface area contributed by atoms with E-state index in [0.29, 0.717) is 22.8 Å². The van der Waals surface area contributed by atoms with E-state index in [1.807, 2.05) is 122 Å². The van der Waals surface area contributed by atoms with Crippen molar-refractivity contribution in [2.75, 3.05) is 6.61 Å². The van der Waals surface area contributed by atoms with E-state index in [9.17, 15) is 4.79 Å². The average Bonchev–Trinajstić information content (AvgIpc) is 3.75. The number of hydrogen-bond acceptors (Lipinski definition) is 7. The van der Waals surface area contributed by atoms with Crippen molar-refractivity contribution < 1.29 is 14.3 Å². The number of ether oxygens (including phenoxy) is 2. The number of carbonyl (C=O) groups excluding carboxylic acids is 1. The topological polar surface area (TPSA) is 92.0 Å². The Hall–Kier alpha value is -7.19. The van der Waals surface area contributed by atoms with Gasteiger partial charge in [0.25, 0.3) is 0 Å². The number of hydrogen-bond donors (Lipinski definition) is 0. The number of esters is 1. The molecule has 0 N–H and O–H groups in total. The Morgan fingerprint density at radius 2 is 1.18 bits per heavy atom. The molecule has 0 radical (unpaired) electrons. The minimum absolute atomic E-state index is 0.239. The zero-order valence-corrected chi connectivity index (χ0v) is 31.1. The first-order valence-corrected chi connectivity index (χ1v) is 18.6. The molecule has 0 unspecified atom stereocenters. The first-order chi connectivity index (χ1) is 27.6. The largest absolute Gasteiger partial charge is 0.488 e. The Balaban J connectivity index is 1.12. The molecule has 8 nitrogen and oxygen atoms in total. The van der Waals surface area contributed by atoms with Crippen LogP contribution in [0.4, 0.5) is 0 Å². The summed E-state index contributed by atoms with van der Waals surface area (Å²) in [6.07, 6.45) is 0. The molecule has 8 heteroatoms. The van der Waals surface area contributed by atoms with Gasteiger partial charge in [-0.2, -0.15) is 0 Å². The van der Waals surface area contributed by atoms with Gasteiger partial charge in [-0.05, 0) is 52.4 Å². The van der Waals surface area contributed by atoms with E-state index >= 15 is 0 Å². The second-order valence-electron chi connectivity index (χ2n) is 13.3. The summed E-state index contributed by atoms with van der Waals surface area (Å²) in [5, 5.41) is 14.6. The molecule has 8 rings (SSSR count). The molecule has 0 spiro atoms. The van der Waals surface area contributed by atoms with Gasteiger partial charge < -0.3 is 9.47 Å². The van der Waals surface area contributed by atoms with Gasteiger partial charge in [-0.25, -0.2) is 4.79 Å². The molecule has 56 heavy (non-hydrogen) atoms. The highest BCUT2D eigenvalue weighted by molar-refractivity contribution is 5.99. The molecule has 2 heterocycles. The fraction of sp³-hybridized carbons (Fsp3) is 0.104. The SMILES string of the molecule is CCOC(=O)c1c(OCc2ccc(-c3ccccc3-c3nnn(C(c4ccccc4)(c4ccccc4)c4ccccc4)n3)cc2)cc(C)nc1-c1ccccc1. The lowest BCUT2D eigenvalue weighted by Crippen LogP contribution is -2.39. The normalized spacial score (nSPS) is 11.2. The highest BCUT2D eigenvalue weighted by Gasteiger charge is 2.41. The number of rotatable bonds is 12. The first kappa shape index (κ1) is 35.8. The second-order valence-corrected chi connectivity index (χ2v) is 13.3. The quantitative estimate of drug-likeness (QED) is 0.0912. The first-order valence-electron chi connectivity index (χ1n) is 18.6. The number of nitrogens with zero attached hydrogens (tertiary/aromatic N) is 5. The summed E-state index contributed by atoms with van der Waals surface area (Å²) in [5.41, 5.74) is 8.28. The van der Waals surface area contributed by atoms with Crippen LogP contribution in [0.1, 0.15) is 45.2 Å². The molecule has 2 aromatic heterocycles. The highest BCUT2D eigenvalue weighted by Crippen LogP contribution is 2.40. The average molecular weight is 734 g/mol. The van der Waals surface area contributed by atoms with E-state index in [1.54, 1.807) is 17.8 Å². The van der Waals surface area contributed by atoms with Crippen LogP contribution < -0.4 is 4.74 Å². The summed E-state index contributed by atoms with van der Waals surface area (Å²) >= 11 is 0. The van der Waals surface area contributed by atoms with Gasteiger partial charge in [0, 0.05) is 22.9 Å². The fourth-order valence-corrected chi connectivity index (χ4v) is 7.18. The van der Waals surface area contributed by atoms with Gasteiger partial charge in [0.15, 0.2) is 5.54 Å². The van der Waals surface area contributed by atoms with E-state index in [2.05, 4.69) is 54.6 Å². The van der Waals surface area contributed by atoms with Crippen molar-refractivity contribution >= 4 is 5.97 Å². The molecule has 0 aliphatic rings. The maximum absolute atomic E-state index is 13.2. The molecule has 0 saturated heterocycles. The Kier molecular flexibility index (Phi) is 10.3. The summed E-state index contributed by atoms with van der Waals surface area (Å²) in [7, 11) is 0. The molecule has 0 atom stereocenters. The Morgan fingerprint density at radius 3 is 1.75 bits per heavy atom. The Bertz CT molecular complexity index is 2460. The monoisotopic (exact) mass is 733 g/mol. The molecule has 0 saturated carbocycles. The van der Waals surface area contributed by atoms with Crippen molar-refractivity contribution in [3.63, 3.8) is 0 Å². The smallest absolute Gasteiger partial charge is 0.344 e. The summed E-state index contributed by atoms with van der Waals surface area (Å²) < 4.78 is 11.8. The third kappa shape index (κ3) is 6.96. The lowest BCUT2D eigenvalue weighted by atomic mass is 9.77. The number of tetrazole rings is 1. The fourth-order valence-electron chi connectivity index (χ4n) is 7.18. The third-order valence-electron chi connectivity index (χ3n) is 9.75. The molecule has 6 aromatic carbocycles. The van der Waals surface area contributed by atoms with Crippen molar-refractivity contribution in [3.8, 4) is 39.5 Å². The molecule has 0 bridgehead atoms. The van der Waals surface area contributed by atoms with Crippen LogP contribution >= 0.6 is 0 Å². The molecule has 8 aromatic rings. The number of aryl methyl sites for hydroxylation is 1. The summed E-state index contributed by atoms with van der Waals surface area (Å²) in [5.74, 6) is 0.463. The van der Waals surface area contributed by atoms with Crippen molar-refractivity contribution in [1.29, 1.82) is 0 Å². The number of benzene rings is 6. The summed E-state index contributed by atoms with van der Waals surface area (Å²) in [6.45, 7) is 4.15. The van der Waals surface area contributed by atoms with Crippen molar-refractivity contribution in [1.82, 2.24) is 25.2 Å². The van der Waals surface area contributed by atoms with Gasteiger partial charge in [0.1, 0.15) is 17.9 Å². The third-order valence-corrected chi connectivity index (χ3v) is 9.75. The van der Waals surface area contributed by atoms with Gasteiger partial charge >= 0.3 is 5.97 Å². The second kappa shape index (κ2) is 16.0. The lowest BCUT2D eigenvalue weighted by molar-refractivity contribution is 0.0521. The van der Waals surface area contributed by atoms with Crippen LogP contribution in [0.2, 0.25) is 0 Å². The summed E-state index contributed by atoms with van der Waals surface area (Å²) in [4.78, 5) is 19.7. The molecule has 0 aliphatic carbocycles. The van der Waals surface area contributed by atoms with Crippen molar-refractivity contribution in [3.05, 3.63) is 209 Å². The van der Waals surface area contributed by atoms with E-state index in [1.165, 1.54) is 0 Å². The maximum Gasteiger partial charge on any atom is 0.344 e. The predicted octanol–water partition coefficient (Wildman–Crippen LogP) is 9.97. The highest BCUT2D eigenvalue weighted by atomic mass is 16.5. The number of pyridine rings is 1. The van der Waals surface area contributed by atoms with Gasteiger partial charge in [-0.1, -0.05) is 170 Å². The molecular formula is C48H39N5O3. The van der Waals surface area contributed by atoms with Gasteiger partial charge in [-0.15, -0.1) is 15.0 Å².